The van der Waals surface area contributed by atoms with Crippen molar-refractivity contribution >= 4 is 11.8 Å². The van der Waals surface area contributed by atoms with E-state index < -0.39 is 18.0 Å². The molecule has 0 aliphatic carbocycles. The summed E-state index contributed by atoms with van der Waals surface area (Å²) < 4.78 is 17.6. The third-order valence-electron chi connectivity index (χ3n) is 4.47. The highest BCUT2D eigenvalue weighted by molar-refractivity contribution is 5.94. The summed E-state index contributed by atoms with van der Waals surface area (Å²) in [5, 5.41) is 5.66. The minimum atomic E-state index is -0.862. The van der Waals surface area contributed by atoms with Crippen LogP contribution in [0.1, 0.15) is 34.7 Å². The zero-order valence-electron chi connectivity index (χ0n) is 17.0. The minimum absolute atomic E-state index is 0.178. The second-order valence-corrected chi connectivity index (χ2v) is 7.19. The summed E-state index contributed by atoms with van der Waals surface area (Å²) in [5.74, 6) is -1.45. The van der Waals surface area contributed by atoms with Gasteiger partial charge in [0.1, 0.15) is 17.9 Å². The van der Waals surface area contributed by atoms with Crippen LogP contribution in [0.5, 0.6) is 0 Å². The Hall–Kier alpha value is -2.88. The molecule has 1 saturated heterocycles. The van der Waals surface area contributed by atoms with Gasteiger partial charge in [0.25, 0.3) is 11.8 Å². The van der Waals surface area contributed by atoms with Crippen LogP contribution in [0.3, 0.4) is 0 Å². The van der Waals surface area contributed by atoms with E-state index in [2.05, 4.69) is 20.6 Å². The van der Waals surface area contributed by atoms with Gasteiger partial charge in [-0.1, -0.05) is 18.2 Å². The molecule has 3 rings (SSSR count). The molecule has 160 valence electrons. The Morgan fingerprint density at radius 3 is 2.50 bits per heavy atom. The van der Waals surface area contributed by atoms with Crippen LogP contribution < -0.4 is 10.6 Å². The Morgan fingerprint density at radius 2 is 1.77 bits per heavy atom. The highest BCUT2D eigenvalue weighted by Crippen LogP contribution is 2.20. The number of hydrogen-bond donors (Lipinski definition) is 2. The lowest BCUT2D eigenvalue weighted by atomic mass is 10.1. The van der Waals surface area contributed by atoms with Gasteiger partial charge in [-0.25, -0.2) is 4.98 Å². The highest BCUT2D eigenvalue weighted by atomic mass is 16.7. The zero-order valence-corrected chi connectivity index (χ0v) is 17.0. The molecule has 0 radical (unpaired) electrons. The van der Waals surface area contributed by atoms with E-state index in [-0.39, 0.29) is 30.6 Å². The maximum atomic E-state index is 12.4. The van der Waals surface area contributed by atoms with E-state index in [1.165, 1.54) is 18.6 Å². The summed E-state index contributed by atoms with van der Waals surface area (Å²) in [7, 11) is 0. The maximum absolute atomic E-state index is 12.4. The number of carbonyl (C=O) groups excluding carboxylic acids is 2. The summed E-state index contributed by atoms with van der Waals surface area (Å²) in [6, 6.07) is 8.91. The Morgan fingerprint density at radius 1 is 1.03 bits per heavy atom. The van der Waals surface area contributed by atoms with E-state index in [4.69, 9.17) is 14.2 Å². The molecule has 0 bridgehead atoms. The van der Waals surface area contributed by atoms with Crippen molar-refractivity contribution in [1.29, 1.82) is 0 Å². The fraction of sp³-hybridized carbons (Fsp3) is 0.429. The van der Waals surface area contributed by atoms with Gasteiger partial charge in [0.2, 0.25) is 0 Å². The number of rotatable bonds is 6. The van der Waals surface area contributed by atoms with Gasteiger partial charge in [0.05, 0.1) is 19.4 Å². The molecule has 0 spiro atoms. The largest absolute Gasteiger partial charge is 0.371 e. The molecule has 2 aromatic rings. The summed E-state index contributed by atoms with van der Waals surface area (Å²) >= 11 is 0. The van der Waals surface area contributed by atoms with Crippen molar-refractivity contribution in [2.45, 2.75) is 31.8 Å². The number of nitrogens with one attached hydrogen (secondary N) is 2. The summed E-state index contributed by atoms with van der Waals surface area (Å²) in [4.78, 5) is 32.6. The van der Waals surface area contributed by atoms with Crippen LogP contribution in [0.25, 0.3) is 0 Å². The molecule has 9 nitrogen and oxygen atoms in total. The first-order valence-corrected chi connectivity index (χ1v) is 9.75. The molecule has 1 aliphatic rings. The molecular formula is C21H26N4O5. The molecule has 30 heavy (non-hydrogen) atoms. The zero-order chi connectivity index (χ0) is 21.4. The topological polar surface area (TPSA) is 112 Å². The van der Waals surface area contributed by atoms with Crippen LogP contribution in [-0.2, 0) is 14.2 Å². The Balaban J connectivity index is 1.65. The van der Waals surface area contributed by atoms with Gasteiger partial charge in [-0.05, 0) is 26.0 Å². The van der Waals surface area contributed by atoms with Crippen molar-refractivity contribution in [1.82, 2.24) is 20.6 Å². The van der Waals surface area contributed by atoms with E-state index in [0.29, 0.717) is 18.8 Å². The average Bonchev–Trinajstić information content (AvgIpc) is 2.76. The summed E-state index contributed by atoms with van der Waals surface area (Å²) in [5.41, 5.74) is 0.758. The van der Waals surface area contributed by atoms with E-state index >= 15 is 0 Å². The van der Waals surface area contributed by atoms with Crippen LogP contribution in [0.2, 0.25) is 0 Å². The van der Waals surface area contributed by atoms with Gasteiger partial charge in [-0.3, -0.25) is 14.6 Å². The van der Waals surface area contributed by atoms with Gasteiger partial charge in [0.15, 0.2) is 5.79 Å². The predicted octanol–water partition coefficient (Wildman–Crippen LogP) is 1.17. The molecular weight excluding hydrogens is 388 g/mol. The second kappa shape index (κ2) is 10.2. The molecule has 2 heterocycles. The molecule has 1 aromatic carbocycles. The molecule has 2 amide bonds. The van der Waals surface area contributed by atoms with Crippen LogP contribution in [0.15, 0.2) is 48.9 Å². The lowest BCUT2D eigenvalue weighted by molar-refractivity contribution is -0.277. The second-order valence-electron chi connectivity index (χ2n) is 7.19. The molecule has 9 heteroatoms. The van der Waals surface area contributed by atoms with E-state index in [9.17, 15) is 9.59 Å². The third-order valence-corrected chi connectivity index (χ3v) is 4.47. The monoisotopic (exact) mass is 414 g/mol. The van der Waals surface area contributed by atoms with Gasteiger partial charge in [-0.15, -0.1) is 0 Å². The third kappa shape index (κ3) is 6.31. The SMILES string of the molecule is CC1(C)OCCO[C@H](CNC(=O)c2cnccn2)[C@H](CNC(=O)c2ccccc2)O1. The first-order valence-electron chi connectivity index (χ1n) is 9.75. The lowest BCUT2D eigenvalue weighted by Crippen LogP contribution is -2.52. The number of carbonyl (C=O) groups is 2. The van der Waals surface area contributed by atoms with Gasteiger partial charge >= 0.3 is 0 Å². The van der Waals surface area contributed by atoms with E-state index in [1.54, 1.807) is 38.1 Å². The molecule has 1 aliphatic heterocycles. The van der Waals surface area contributed by atoms with Crippen LogP contribution in [0, 0.1) is 0 Å². The molecule has 2 atom stereocenters. The molecule has 2 N–H and O–H groups in total. The number of nitrogens with zero attached hydrogens (tertiary/aromatic N) is 2. The maximum Gasteiger partial charge on any atom is 0.271 e. The summed E-state index contributed by atoms with van der Waals surface area (Å²) in [6.45, 7) is 4.66. The van der Waals surface area contributed by atoms with Gasteiger partial charge in [0, 0.05) is 31.0 Å². The number of hydrogen-bond acceptors (Lipinski definition) is 7. The van der Waals surface area contributed by atoms with Crippen LogP contribution in [0.4, 0.5) is 0 Å². The van der Waals surface area contributed by atoms with E-state index in [1.807, 2.05) is 6.07 Å². The smallest absolute Gasteiger partial charge is 0.271 e. The minimum Gasteiger partial charge on any atom is -0.371 e. The fourth-order valence-electron chi connectivity index (χ4n) is 3.02. The fourth-order valence-corrected chi connectivity index (χ4v) is 3.02. The van der Waals surface area contributed by atoms with Crippen molar-refractivity contribution in [2.24, 2.45) is 0 Å². The Labute approximate surface area is 175 Å². The molecule has 1 fully saturated rings. The van der Waals surface area contributed by atoms with Gasteiger partial charge in [-0.2, -0.15) is 0 Å². The average molecular weight is 414 g/mol. The van der Waals surface area contributed by atoms with Crippen molar-refractivity contribution in [3.63, 3.8) is 0 Å². The normalized spacial score (nSPS) is 21.1. The Bertz CT molecular complexity index is 832. The first-order chi connectivity index (χ1) is 14.4. The number of amides is 2. The first kappa shape index (κ1) is 21.8. The van der Waals surface area contributed by atoms with Gasteiger partial charge < -0.3 is 24.8 Å². The number of benzene rings is 1. The van der Waals surface area contributed by atoms with Crippen LogP contribution in [-0.4, -0.2) is 66.1 Å². The van der Waals surface area contributed by atoms with Crippen molar-refractivity contribution in [3.05, 3.63) is 60.2 Å². The quantitative estimate of drug-likeness (QED) is 0.730. The van der Waals surface area contributed by atoms with Crippen molar-refractivity contribution < 1.29 is 23.8 Å². The summed E-state index contributed by atoms with van der Waals surface area (Å²) in [6.07, 6.45) is 3.29. The highest BCUT2D eigenvalue weighted by Gasteiger charge is 2.33. The van der Waals surface area contributed by atoms with E-state index in [0.717, 1.165) is 0 Å². The van der Waals surface area contributed by atoms with Crippen molar-refractivity contribution in [2.75, 3.05) is 26.3 Å². The number of ether oxygens (including phenoxy) is 3. The molecule has 0 saturated carbocycles. The standard InChI is InChI=1S/C21H26N4O5/c1-21(2)29-11-10-28-17(13-25-20(27)16-12-22-8-9-23-16)18(30-21)14-24-19(26)15-6-4-3-5-7-15/h3-9,12,17-18H,10-11,13-14H2,1-2H3,(H,24,26)(H,25,27)/t17-,18+/m1/s1. The molecule has 1 aromatic heterocycles. The lowest BCUT2D eigenvalue weighted by Gasteiger charge is -2.37. The number of aromatic nitrogens is 2. The predicted molar refractivity (Wildman–Crippen MR) is 108 cm³/mol. The van der Waals surface area contributed by atoms with Crippen molar-refractivity contribution in [3.8, 4) is 0 Å². The molecule has 0 unspecified atom stereocenters. The Kier molecular flexibility index (Phi) is 7.45. The van der Waals surface area contributed by atoms with Crippen LogP contribution >= 0.6 is 0 Å².